The molecule has 0 amide bonds. The van der Waals surface area contributed by atoms with E-state index in [-0.39, 0.29) is 10.6 Å². The standard InChI is InChI=1S/C20H20N6O5S/c27-26(28)17-5-7-19(8-6-17)32(29,30)24-16-3-1-15(2-4-16)22-20-13-18(14-21-23-20)25-9-11-31-12-10-25/h1-8,13-14,24H,9-12H2,(H,22,23). The molecule has 0 saturated carbocycles. The van der Waals surface area contributed by atoms with Crippen LogP contribution in [0.5, 0.6) is 0 Å². The monoisotopic (exact) mass is 456 g/mol. The fraction of sp³-hybridized carbons (Fsp3) is 0.200. The topological polar surface area (TPSA) is 140 Å². The summed E-state index contributed by atoms with van der Waals surface area (Å²) in [6.07, 6.45) is 1.70. The van der Waals surface area contributed by atoms with Crippen molar-refractivity contribution in [2.45, 2.75) is 4.90 Å². The summed E-state index contributed by atoms with van der Waals surface area (Å²) in [4.78, 5) is 12.2. The van der Waals surface area contributed by atoms with Crippen LogP contribution in [0.3, 0.4) is 0 Å². The Bertz CT molecular complexity index is 1200. The van der Waals surface area contributed by atoms with Crippen molar-refractivity contribution in [2.75, 3.05) is 41.2 Å². The molecule has 0 atom stereocenters. The molecular weight excluding hydrogens is 436 g/mol. The van der Waals surface area contributed by atoms with Gasteiger partial charge in [-0.2, -0.15) is 5.10 Å². The van der Waals surface area contributed by atoms with Gasteiger partial charge < -0.3 is 15.0 Å². The highest BCUT2D eigenvalue weighted by atomic mass is 32.2. The molecule has 1 aliphatic rings. The predicted octanol–water partition coefficient (Wildman–Crippen LogP) is 2.77. The number of ether oxygens (including phenoxy) is 1. The summed E-state index contributed by atoms with van der Waals surface area (Å²) in [5.41, 5.74) is 1.82. The van der Waals surface area contributed by atoms with Crippen molar-refractivity contribution in [2.24, 2.45) is 0 Å². The first-order valence-corrected chi connectivity index (χ1v) is 11.2. The zero-order valence-corrected chi connectivity index (χ0v) is 17.7. The van der Waals surface area contributed by atoms with E-state index in [1.165, 1.54) is 12.1 Å². The molecule has 11 nitrogen and oxygen atoms in total. The van der Waals surface area contributed by atoms with E-state index in [0.29, 0.717) is 30.4 Å². The van der Waals surface area contributed by atoms with Gasteiger partial charge in [-0.15, -0.1) is 5.10 Å². The van der Waals surface area contributed by atoms with Crippen LogP contribution in [0.2, 0.25) is 0 Å². The van der Waals surface area contributed by atoms with Crippen LogP contribution in [0.15, 0.2) is 65.7 Å². The van der Waals surface area contributed by atoms with Crippen LogP contribution >= 0.6 is 0 Å². The van der Waals surface area contributed by atoms with Crippen molar-refractivity contribution in [3.63, 3.8) is 0 Å². The summed E-state index contributed by atoms with van der Waals surface area (Å²) in [6.45, 7) is 2.91. The third-order valence-electron chi connectivity index (χ3n) is 4.78. The van der Waals surface area contributed by atoms with Gasteiger partial charge in [-0.25, -0.2) is 8.42 Å². The first kappa shape index (κ1) is 21.5. The van der Waals surface area contributed by atoms with Crippen molar-refractivity contribution < 1.29 is 18.1 Å². The smallest absolute Gasteiger partial charge is 0.269 e. The molecule has 3 aromatic rings. The summed E-state index contributed by atoms with van der Waals surface area (Å²) in [5.74, 6) is 0.563. The SMILES string of the molecule is O=[N+]([O-])c1ccc(S(=O)(=O)Nc2ccc(Nc3cc(N4CCOCC4)cnn3)cc2)cc1. The summed E-state index contributed by atoms with van der Waals surface area (Å²) in [5, 5.41) is 22.0. The number of sulfonamides is 1. The van der Waals surface area contributed by atoms with E-state index in [9.17, 15) is 18.5 Å². The minimum Gasteiger partial charge on any atom is -0.378 e. The Labute approximate surface area is 184 Å². The van der Waals surface area contributed by atoms with Gasteiger partial charge in [0.2, 0.25) is 0 Å². The van der Waals surface area contributed by atoms with Gasteiger partial charge in [0.1, 0.15) is 0 Å². The molecule has 166 valence electrons. The lowest BCUT2D eigenvalue weighted by Crippen LogP contribution is -2.36. The van der Waals surface area contributed by atoms with Gasteiger partial charge in [0.25, 0.3) is 15.7 Å². The molecule has 1 saturated heterocycles. The minimum atomic E-state index is -3.88. The van der Waals surface area contributed by atoms with Crippen molar-refractivity contribution in [1.29, 1.82) is 0 Å². The molecule has 1 fully saturated rings. The number of non-ortho nitro benzene ring substituents is 1. The maximum absolute atomic E-state index is 12.5. The number of nitro groups is 1. The lowest BCUT2D eigenvalue weighted by atomic mass is 10.3. The maximum Gasteiger partial charge on any atom is 0.269 e. The van der Waals surface area contributed by atoms with Crippen molar-refractivity contribution in [3.05, 3.63) is 70.9 Å². The molecular formula is C20H20N6O5S. The molecule has 2 N–H and O–H groups in total. The molecule has 4 rings (SSSR count). The molecule has 2 aromatic carbocycles. The number of hydrogen-bond acceptors (Lipinski definition) is 9. The van der Waals surface area contributed by atoms with E-state index in [2.05, 4.69) is 25.1 Å². The number of nitrogens with zero attached hydrogens (tertiary/aromatic N) is 4. The van der Waals surface area contributed by atoms with Crippen LogP contribution < -0.4 is 14.9 Å². The molecule has 0 radical (unpaired) electrons. The first-order valence-electron chi connectivity index (χ1n) is 9.70. The summed E-state index contributed by atoms with van der Waals surface area (Å²) >= 11 is 0. The fourth-order valence-electron chi connectivity index (χ4n) is 3.14. The number of hydrogen-bond donors (Lipinski definition) is 2. The van der Waals surface area contributed by atoms with Crippen molar-refractivity contribution in [3.8, 4) is 0 Å². The average Bonchev–Trinajstić information content (AvgIpc) is 2.81. The Morgan fingerprint density at radius 3 is 2.31 bits per heavy atom. The second-order valence-corrected chi connectivity index (χ2v) is 8.64. The van der Waals surface area contributed by atoms with Gasteiger partial charge in [0.15, 0.2) is 5.82 Å². The van der Waals surface area contributed by atoms with Crippen molar-refractivity contribution in [1.82, 2.24) is 10.2 Å². The van der Waals surface area contributed by atoms with E-state index in [1.54, 1.807) is 30.5 Å². The van der Waals surface area contributed by atoms with Crippen molar-refractivity contribution >= 4 is 38.6 Å². The normalized spacial score (nSPS) is 14.1. The predicted molar refractivity (Wildman–Crippen MR) is 119 cm³/mol. The summed E-state index contributed by atoms with van der Waals surface area (Å²) in [6, 6.07) is 13.2. The molecule has 1 aliphatic heterocycles. The lowest BCUT2D eigenvalue weighted by molar-refractivity contribution is -0.384. The fourth-order valence-corrected chi connectivity index (χ4v) is 4.20. The Morgan fingerprint density at radius 1 is 1.00 bits per heavy atom. The highest BCUT2D eigenvalue weighted by Crippen LogP contribution is 2.23. The molecule has 0 unspecified atom stereocenters. The minimum absolute atomic E-state index is 0.0690. The van der Waals surface area contributed by atoms with Gasteiger partial charge in [-0.3, -0.25) is 14.8 Å². The van der Waals surface area contributed by atoms with E-state index in [0.717, 1.165) is 30.9 Å². The Kier molecular flexibility index (Phi) is 6.14. The van der Waals surface area contributed by atoms with Gasteiger partial charge in [-0.1, -0.05) is 0 Å². The second-order valence-electron chi connectivity index (χ2n) is 6.96. The third kappa shape index (κ3) is 5.10. The van der Waals surface area contributed by atoms with E-state index < -0.39 is 14.9 Å². The summed E-state index contributed by atoms with van der Waals surface area (Å²) in [7, 11) is -3.88. The van der Waals surface area contributed by atoms with E-state index in [1.807, 2.05) is 6.07 Å². The average molecular weight is 456 g/mol. The van der Waals surface area contributed by atoms with Crippen LogP contribution in [0.1, 0.15) is 0 Å². The molecule has 2 heterocycles. The number of rotatable bonds is 7. The Balaban J connectivity index is 1.42. The largest absolute Gasteiger partial charge is 0.378 e. The molecule has 1 aromatic heterocycles. The second kappa shape index (κ2) is 9.16. The number of anilines is 4. The number of morpholine rings is 1. The van der Waals surface area contributed by atoms with Crippen LogP contribution in [-0.4, -0.2) is 49.8 Å². The van der Waals surface area contributed by atoms with E-state index in [4.69, 9.17) is 4.74 Å². The molecule has 0 bridgehead atoms. The molecule has 0 spiro atoms. The Morgan fingerprint density at radius 2 is 1.66 bits per heavy atom. The van der Waals surface area contributed by atoms with Crippen LogP contribution in [0, 0.1) is 10.1 Å². The molecule has 0 aliphatic carbocycles. The zero-order valence-electron chi connectivity index (χ0n) is 16.8. The lowest BCUT2D eigenvalue weighted by Gasteiger charge is -2.28. The zero-order chi connectivity index (χ0) is 22.6. The van der Waals surface area contributed by atoms with Gasteiger partial charge in [-0.05, 0) is 36.4 Å². The third-order valence-corrected chi connectivity index (χ3v) is 6.18. The first-order chi connectivity index (χ1) is 15.4. The molecule has 32 heavy (non-hydrogen) atoms. The maximum atomic E-state index is 12.5. The molecule has 12 heteroatoms. The number of nitro benzene ring substituents is 1. The van der Waals surface area contributed by atoms with Gasteiger partial charge >= 0.3 is 0 Å². The highest BCUT2D eigenvalue weighted by Gasteiger charge is 2.16. The number of benzene rings is 2. The van der Waals surface area contributed by atoms with Gasteiger partial charge in [0, 0.05) is 42.7 Å². The van der Waals surface area contributed by atoms with Crippen LogP contribution in [0.25, 0.3) is 0 Å². The highest BCUT2D eigenvalue weighted by molar-refractivity contribution is 7.92. The summed E-state index contributed by atoms with van der Waals surface area (Å²) < 4.78 is 32.9. The van der Waals surface area contributed by atoms with Gasteiger partial charge in [0.05, 0.1) is 34.9 Å². The Hall–Kier alpha value is -3.77. The van der Waals surface area contributed by atoms with Crippen LogP contribution in [0.4, 0.5) is 28.6 Å². The quantitative estimate of drug-likeness (QED) is 0.406. The number of aromatic nitrogens is 2. The van der Waals surface area contributed by atoms with Crippen LogP contribution in [-0.2, 0) is 14.8 Å². The van der Waals surface area contributed by atoms with E-state index >= 15 is 0 Å². The number of nitrogens with one attached hydrogen (secondary N) is 2.